The van der Waals surface area contributed by atoms with Crippen molar-refractivity contribution in [3.05, 3.63) is 84.4 Å². The smallest absolute Gasteiger partial charge is 0.196 e. The van der Waals surface area contributed by atoms with Gasteiger partial charge in [-0.1, -0.05) is 44.7 Å². The quantitative estimate of drug-likeness (QED) is 0.347. The molecule has 4 rings (SSSR count). The molecule has 1 atom stereocenters. The second-order valence-corrected chi connectivity index (χ2v) is 9.89. The Kier molecular flexibility index (Phi) is 7.29. The van der Waals surface area contributed by atoms with Gasteiger partial charge in [-0.25, -0.2) is 4.39 Å². The molecule has 1 unspecified atom stereocenters. The molecule has 0 saturated heterocycles. The Morgan fingerprint density at radius 3 is 2.29 bits per heavy atom. The van der Waals surface area contributed by atoms with Gasteiger partial charge in [-0.2, -0.15) is 0 Å². The third kappa shape index (κ3) is 5.81. The number of aliphatic hydroxyl groups is 1. The molecule has 8 heteroatoms. The van der Waals surface area contributed by atoms with Gasteiger partial charge in [0.05, 0.1) is 6.10 Å². The van der Waals surface area contributed by atoms with E-state index in [1.807, 2.05) is 41.0 Å². The van der Waals surface area contributed by atoms with Gasteiger partial charge in [0.25, 0.3) is 0 Å². The molecule has 4 aromatic rings. The van der Waals surface area contributed by atoms with Gasteiger partial charge in [0.2, 0.25) is 0 Å². The molecule has 1 N–H and O–H groups in total. The highest BCUT2D eigenvalue weighted by atomic mass is 32.2. The molecule has 0 bridgehead atoms. The van der Waals surface area contributed by atoms with Crippen molar-refractivity contribution in [3.63, 3.8) is 0 Å². The van der Waals surface area contributed by atoms with Crippen molar-refractivity contribution in [1.29, 1.82) is 0 Å². The fourth-order valence-electron chi connectivity index (χ4n) is 3.34. The van der Waals surface area contributed by atoms with Gasteiger partial charge < -0.3 is 9.84 Å². The average Bonchev–Trinajstić information content (AvgIpc) is 3.26. The van der Waals surface area contributed by atoms with Gasteiger partial charge in [-0.15, -0.1) is 10.2 Å². The van der Waals surface area contributed by atoms with E-state index >= 15 is 0 Å². The number of hydrogen-bond acceptors (Lipinski definition) is 6. The van der Waals surface area contributed by atoms with Crippen molar-refractivity contribution in [2.24, 2.45) is 0 Å². The van der Waals surface area contributed by atoms with Crippen molar-refractivity contribution in [3.8, 4) is 22.8 Å². The molecule has 0 radical (unpaired) electrons. The van der Waals surface area contributed by atoms with E-state index in [1.54, 1.807) is 24.5 Å². The van der Waals surface area contributed by atoms with Crippen LogP contribution in [0.1, 0.15) is 26.3 Å². The molecular weight excluding hydrogens is 451 g/mol. The Bertz CT molecular complexity index is 1210. The van der Waals surface area contributed by atoms with Crippen LogP contribution in [0.4, 0.5) is 4.39 Å². The van der Waals surface area contributed by atoms with Crippen LogP contribution in [0.5, 0.6) is 5.75 Å². The van der Waals surface area contributed by atoms with Crippen LogP contribution in [-0.4, -0.2) is 43.3 Å². The summed E-state index contributed by atoms with van der Waals surface area (Å²) in [5.74, 6) is 1.36. The Hall–Kier alpha value is -3.23. The Morgan fingerprint density at radius 2 is 1.65 bits per heavy atom. The van der Waals surface area contributed by atoms with E-state index in [0.717, 1.165) is 11.3 Å². The number of benzene rings is 2. The first-order valence-electron chi connectivity index (χ1n) is 11.0. The van der Waals surface area contributed by atoms with Crippen LogP contribution in [0, 0.1) is 5.82 Å². The molecule has 2 heterocycles. The molecule has 0 spiro atoms. The predicted octanol–water partition coefficient (Wildman–Crippen LogP) is 5.30. The molecule has 2 aromatic heterocycles. The first-order chi connectivity index (χ1) is 16.3. The monoisotopic (exact) mass is 478 g/mol. The third-order valence-corrected chi connectivity index (χ3v) is 6.30. The van der Waals surface area contributed by atoms with Gasteiger partial charge in [-0.05, 0) is 59.5 Å². The highest BCUT2D eigenvalue weighted by Crippen LogP contribution is 2.28. The average molecular weight is 479 g/mol. The number of thioether (sulfide) groups is 1. The van der Waals surface area contributed by atoms with Gasteiger partial charge >= 0.3 is 0 Å². The number of halogens is 1. The summed E-state index contributed by atoms with van der Waals surface area (Å²) in [5, 5.41) is 19.8. The lowest BCUT2D eigenvalue weighted by molar-refractivity contribution is 0.126. The van der Waals surface area contributed by atoms with Crippen molar-refractivity contribution in [1.82, 2.24) is 19.7 Å². The molecule has 0 amide bonds. The Labute approximate surface area is 202 Å². The number of pyridine rings is 1. The topological polar surface area (TPSA) is 73.1 Å². The minimum Gasteiger partial charge on any atom is -0.491 e. The van der Waals surface area contributed by atoms with E-state index in [-0.39, 0.29) is 17.8 Å². The van der Waals surface area contributed by atoms with Gasteiger partial charge in [0.1, 0.15) is 18.2 Å². The lowest BCUT2D eigenvalue weighted by Crippen LogP contribution is -2.20. The second-order valence-electron chi connectivity index (χ2n) is 8.90. The number of rotatable bonds is 8. The fourth-order valence-corrected chi connectivity index (χ4v) is 4.19. The SMILES string of the molecule is CC(C)(C)c1ccc(OCC(O)CSc2nnc(-c3ccncc3)n2-c2ccc(F)cc2)cc1. The minimum atomic E-state index is -0.713. The van der Waals surface area contributed by atoms with Gasteiger partial charge in [0, 0.05) is 29.4 Å². The number of hydrogen-bond donors (Lipinski definition) is 1. The summed E-state index contributed by atoms with van der Waals surface area (Å²) in [5.41, 5.74) is 2.86. The fraction of sp³-hybridized carbons (Fsp3) is 0.269. The maximum absolute atomic E-state index is 13.5. The zero-order valence-corrected chi connectivity index (χ0v) is 20.2. The maximum Gasteiger partial charge on any atom is 0.196 e. The van der Waals surface area contributed by atoms with E-state index in [4.69, 9.17) is 4.74 Å². The largest absolute Gasteiger partial charge is 0.491 e. The lowest BCUT2D eigenvalue weighted by atomic mass is 9.87. The first kappa shape index (κ1) is 23.9. The molecule has 6 nitrogen and oxygen atoms in total. The lowest BCUT2D eigenvalue weighted by Gasteiger charge is -2.19. The van der Waals surface area contributed by atoms with Crippen LogP contribution >= 0.6 is 11.8 Å². The zero-order chi connectivity index (χ0) is 24.1. The summed E-state index contributed by atoms with van der Waals surface area (Å²) >= 11 is 1.36. The molecule has 0 aliphatic heterocycles. The Balaban J connectivity index is 1.45. The molecule has 2 aromatic carbocycles. The van der Waals surface area contributed by atoms with Crippen LogP contribution in [-0.2, 0) is 5.41 Å². The van der Waals surface area contributed by atoms with Crippen molar-refractivity contribution in [2.45, 2.75) is 37.4 Å². The maximum atomic E-state index is 13.5. The van der Waals surface area contributed by atoms with Crippen molar-refractivity contribution < 1.29 is 14.2 Å². The summed E-state index contributed by atoms with van der Waals surface area (Å²) in [7, 11) is 0. The van der Waals surface area contributed by atoms with Crippen LogP contribution < -0.4 is 4.74 Å². The molecule has 0 saturated carbocycles. The highest BCUT2D eigenvalue weighted by Gasteiger charge is 2.18. The van der Waals surface area contributed by atoms with Gasteiger partial charge in [-0.3, -0.25) is 9.55 Å². The van der Waals surface area contributed by atoms with E-state index in [2.05, 4.69) is 36.0 Å². The number of nitrogens with zero attached hydrogens (tertiary/aromatic N) is 4. The van der Waals surface area contributed by atoms with Crippen LogP contribution in [0.2, 0.25) is 0 Å². The van der Waals surface area contributed by atoms with E-state index in [0.29, 0.717) is 22.5 Å². The van der Waals surface area contributed by atoms with Gasteiger partial charge in [0.15, 0.2) is 11.0 Å². The minimum absolute atomic E-state index is 0.0737. The van der Waals surface area contributed by atoms with Crippen molar-refractivity contribution in [2.75, 3.05) is 12.4 Å². The van der Waals surface area contributed by atoms with E-state index < -0.39 is 6.10 Å². The normalized spacial score (nSPS) is 12.5. The first-order valence-corrected chi connectivity index (χ1v) is 12.0. The van der Waals surface area contributed by atoms with E-state index in [9.17, 15) is 9.50 Å². The van der Waals surface area contributed by atoms with Crippen molar-refractivity contribution >= 4 is 11.8 Å². The summed E-state index contributed by atoms with van der Waals surface area (Å²) in [6.07, 6.45) is 2.65. The Morgan fingerprint density at radius 1 is 0.971 bits per heavy atom. The molecule has 0 fully saturated rings. The highest BCUT2D eigenvalue weighted by molar-refractivity contribution is 7.99. The summed E-state index contributed by atoms with van der Waals surface area (Å²) in [4.78, 5) is 4.05. The molecule has 34 heavy (non-hydrogen) atoms. The number of ether oxygens (including phenoxy) is 1. The molecule has 176 valence electrons. The molecular formula is C26H27FN4O2S. The summed E-state index contributed by atoms with van der Waals surface area (Å²) in [6.45, 7) is 6.64. The van der Waals surface area contributed by atoms with Crippen LogP contribution in [0.3, 0.4) is 0 Å². The zero-order valence-electron chi connectivity index (χ0n) is 19.4. The summed E-state index contributed by atoms with van der Waals surface area (Å²) in [6, 6.07) is 17.8. The molecule has 0 aliphatic carbocycles. The van der Waals surface area contributed by atoms with E-state index in [1.165, 1.54) is 29.5 Å². The van der Waals surface area contributed by atoms with Crippen LogP contribution in [0.25, 0.3) is 17.1 Å². The predicted molar refractivity (Wildman–Crippen MR) is 132 cm³/mol. The second kappa shape index (κ2) is 10.4. The third-order valence-electron chi connectivity index (χ3n) is 5.22. The number of aromatic nitrogens is 4. The number of aliphatic hydroxyl groups excluding tert-OH is 1. The summed E-state index contributed by atoms with van der Waals surface area (Å²) < 4.78 is 21.1. The standard InChI is InChI=1S/C26H27FN4O2S/c1-26(2,3)19-4-10-23(11-5-19)33-16-22(32)17-34-25-30-29-24(18-12-14-28-15-13-18)31(25)21-8-6-20(27)7-9-21/h4-15,22,32H,16-17H2,1-3H3. The molecule has 0 aliphatic rings. The van der Waals surface area contributed by atoms with Crippen LogP contribution in [0.15, 0.2) is 78.2 Å².